The molecule has 3 N–H and O–H groups in total. The molecule has 1 aliphatic rings. The van der Waals surface area contributed by atoms with E-state index in [1.165, 1.54) is 38.5 Å². The van der Waals surface area contributed by atoms with Gasteiger partial charge in [0.1, 0.15) is 0 Å². The molecule has 1 saturated carbocycles. The van der Waals surface area contributed by atoms with Crippen LogP contribution >= 0.6 is 24.0 Å². The van der Waals surface area contributed by atoms with Crippen LogP contribution in [0.25, 0.3) is 0 Å². The fourth-order valence-corrected chi connectivity index (χ4v) is 1.98. The lowest BCUT2D eigenvalue weighted by molar-refractivity contribution is 0.125. The molecule has 1 aliphatic carbocycles. The Labute approximate surface area is 122 Å². The second-order valence-corrected chi connectivity index (χ2v) is 4.61. The van der Waals surface area contributed by atoms with Crippen molar-refractivity contribution in [3.05, 3.63) is 0 Å². The van der Waals surface area contributed by atoms with Gasteiger partial charge in [0.15, 0.2) is 5.96 Å². The molecular weight excluding hydrogens is 329 g/mol. The summed E-state index contributed by atoms with van der Waals surface area (Å²) in [6.07, 6.45) is 7.89. The lowest BCUT2D eigenvalue weighted by Gasteiger charge is -2.17. The standard InChI is InChI=1S/C12H25N3O.HI/c1-10(16-2)9-14-12(13)15-11-7-5-3-4-6-8-11;/h10-11H,3-9H2,1-2H3,(H3,13,14,15);1H. The molecule has 0 heterocycles. The third kappa shape index (κ3) is 7.81. The molecule has 0 radical (unpaired) electrons. The first-order valence-electron chi connectivity index (χ1n) is 6.31. The first-order chi connectivity index (χ1) is 7.72. The van der Waals surface area contributed by atoms with E-state index in [0.29, 0.717) is 18.5 Å². The molecule has 1 unspecified atom stereocenters. The Bertz CT molecular complexity index is 216. The van der Waals surface area contributed by atoms with Crippen molar-refractivity contribution in [1.29, 1.82) is 0 Å². The molecule has 0 aromatic carbocycles. The summed E-state index contributed by atoms with van der Waals surface area (Å²) in [5.74, 6) is 0.566. The molecular formula is C12H26IN3O. The predicted octanol–water partition coefficient (Wildman–Crippen LogP) is 2.27. The van der Waals surface area contributed by atoms with Crippen molar-refractivity contribution in [2.45, 2.75) is 57.6 Å². The molecule has 1 fully saturated rings. The van der Waals surface area contributed by atoms with Crippen LogP contribution in [0.4, 0.5) is 0 Å². The number of hydrogen-bond acceptors (Lipinski definition) is 2. The quantitative estimate of drug-likeness (QED) is 0.352. The fraction of sp³-hybridized carbons (Fsp3) is 0.917. The number of ether oxygens (including phenoxy) is 1. The van der Waals surface area contributed by atoms with E-state index in [4.69, 9.17) is 10.5 Å². The first kappa shape index (κ1) is 17.0. The van der Waals surface area contributed by atoms with Crippen LogP contribution in [0.15, 0.2) is 4.99 Å². The van der Waals surface area contributed by atoms with Crippen LogP contribution in [0, 0.1) is 0 Å². The van der Waals surface area contributed by atoms with E-state index >= 15 is 0 Å². The molecule has 17 heavy (non-hydrogen) atoms. The van der Waals surface area contributed by atoms with E-state index in [-0.39, 0.29) is 30.1 Å². The Morgan fingerprint density at radius 2 is 1.94 bits per heavy atom. The van der Waals surface area contributed by atoms with Crippen LogP contribution < -0.4 is 11.1 Å². The number of guanidine groups is 1. The van der Waals surface area contributed by atoms with Gasteiger partial charge in [-0.05, 0) is 19.8 Å². The Kier molecular flexibility index (Phi) is 9.91. The van der Waals surface area contributed by atoms with Gasteiger partial charge < -0.3 is 15.8 Å². The average Bonchev–Trinajstić information content (AvgIpc) is 2.54. The van der Waals surface area contributed by atoms with Gasteiger partial charge in [0.2, 0.25) is 0 Å². The lowest BCUT2D eigenvalue weighted by atomic mass is 10.1. The Hall–Kier alpha value is -0.0400. The Morgan fingerprint density at radius 3 is 2.47 bits per heavy atom. The number of halogens is 1. The van der Waals surface area contributed by atoms with Crippen LogP contribution in [0.2, 0.25) is 0 Å². The minimum Gasteiger partial charge on any atom is -0.380 e. The van der Waals surface area contributed by atoms with E-state index in [1.807, 2.05) is 6.92 Å². The number of aliphatic imine (C=N–C) groups is 1. The number of nitrogens with one attached hydrogen (secondary N) is 1. The SMILES string of the molecule is COC(C)CN=C(N)NC1CCCCCC1.I. The molecule has 0 spiro atoms. The summed E-state index contributed by atoms with van der Waals surface area (Å²) in [6, 6.07) is 0.518. The second-order valence-electron chi connectivity index (χ2n) is 4.61. The molecule has 0 aliphatic heterocycles. The highest BCUT2D eigenvalue weighted by molar-refractivity contribution is 14.0. The van der Waals surface area contributed by atoms with Gasteiger partial charge >= 0.3 is 0 Å². The van der Waals surface area contributed by atoms with E-state index in [9.17, 15) is 0 Å². The van der Waals surface area contributed by atoms with Gasteiger partial charge in [0, 0.05) is 13.2 Å². The summed E-state index contributed by atoms with van der Waals surface area (Å²) in [6.45, 7) is 2.62. The van der Waals surface area contributed by atoms with Crippen molar-refractivity contribution >= 4 is 29.9 Å². The summed E-state index contributed by atoms with van der Waals surface area (Å²) in [5, 5.41) is 3.31. The van der Waals surface area contributed by atoms with Crippen LogP contribution in [0.1, 0.15) is 45.4 Å². The van der Waals surface area contributed by atoms with Crippen molar-refractivity contribution < 1.29 is 4.74 Å². The predicted molar refractivity (Wildman–Crippen MR) is 83.0 cm³/mol. The Balaban J connectivity index is 0.00000256. The largest absolute Gasteiger partial charge is 0.380 e. The van der Waals surface area contributed by atoms with Crippen molar-refractivity contribution in [3.63, 3.8) is 0 Å². The van der Waals surface area contributed by atoms with E-state index in [0.717, 1.165) is 0 Å². The van der Waals surface area contributed by atoms with E-state index < -0.39 is 0 Å². The third-order valence-corrected chi connectivity index (χ3v) is 3.13. The van der Waals surface area contributed by atoms with Gasteiger partial charge in [-0.15, -0.1) is 24.0 Å². The second kappa shape index (κ2) is 9.94. The topological polar surface area (TPSA) is 59.6 Å². The summed E-state index contributed by atoms with van der Waals surface area (Å²) in [5.41, 5.74) is 5.84. The molecule has 102 valence electrons. The number of methoxy groups -OCH3 is 1. The van der Waals surface area contributed by atoms with E-state index in [2.05, 4.69) is 10.3 Å². The summed E-state index contributed by atoms with van der Waals surface area (Å²) in [7, 11) is 1.69. The summed E-state index contributed by atoms with van der Waals surface area (Å²) >= 11 is 0. The number of hydrogen-bond donors (Lipinski definition) is 2. The number of nitrogens with two attached hydrogens (primary N) is 1. The smallest absolute Gasteiger partial charge is 0.188 e. The van der Waals surface area contributed by atoms with Gasteiger partial charge in [-0.2, -0.15) is 0 Å². The first-order valence-corrected chi connectivity index (χ1v) is 6.31. The van der Waals surface area contributed by atoms with Crippen LogP contribution in [-0.4, -0.2) is 31.8 Å². The van der Waals surface area contributed by atoms with Crippen LogP contribution in [-0.2, 0) is 4.74 Å². The molecule has 1 rings (SSSR count). The van der Waals surface area contributed by atoms with Gasteiger partial charge in [-0.1, -0.05) is 25.7 Å². The molecule has 0 amide bonds. The van der Waals surface area contributed by atoms with Crippen molar-refractivity contribution in [3.8, 4) is 0 Å². The Morgan fingerprint density at radius 1 is 1.35 bits per heavy atom. The molecule has 1 atom stereocenters. The molecule has 4 nitrogen and oxygen atoms in total. The summed E-state index contributed by atoms with van der Waals surface area (Å²) < 4.78 is 5.12. The lowest BCUT2D eigenvalue weighted by Crippen LogP contribution is -2.40. The number of rotatable bonds is 4. The normalized spacial score (nSPS) is 20.2. The van der Waals surface area contributed by atoms with Crippen molar-refractivity contribution in [2.75, 3.05) is 13.7 Å². The van der Waals surface area contributed by atoms with Gasteiger partial charge in [0.25, 0.3) is 0 Å². The maximum atomic E-state index is 5.84. The van der Waals surface area contributed by atoms with Crippen LogP contribution in [0.3, 0.4) is 0 Å². The summed E-state index contributed by atoms with van der Waals surface area (Å²) in [4.78, 5) is 4.28. The maximum absolute atomic E-state index is 5.84. The minimum absolute atomic E-state index is 0. The highest BCUT2D eigenvalue weighted by atomic mass is 127. The van der Waals surface area contributed by atoms with E-state index in [1.54, 1.807) is 7.11 Å². The van der Waals surface area contributed by atoms with Crippen molar-refractivity contribution in [1.82, 2.24) is 5.32 Å². The zero-order chi connectivity index (χ0) is 11.8. The highest BCUT2D eigenvalue weighted by Crippen LogP contribution is 2.16. The maximum Gasteiger partial charge on any atom is 0.188 e. The molecule has 0 saturated heterocycles. The number of nitrogens with zero attached hydrogens (tertiary/aromatic N) is 1. The average molecular weight is 355 g/mol. The monoisotopic (exact) mass is 355 g/mol. The van der Waals surface area contributed by atoms with Crippen LogP contribution in [0.5, 0.6) is 0 Å². The zero-order valence-electron chi connectivity index (χ0n) is 10.9. The molecule has 0 bridgehead atoms. The fourth-order valence-electron chi connectivity index (χ4n) is 1.98. The van der Waals surface area contributed by atoms with Gasteiger partial charge in [-0.3, -0.25) is 4.99 Å². The molecule has 0 aromatic heterocycles. The third-order valence-electron chi connectivity index (χ3n) is 3.13. The van der Waals surface area contributed by atoms with Gasteiger partial charge in [-0.25, -0.2) is 0 Å². The molecule has 0 aromatic rings. The zero-order valence-corrected chi connectivity index (χ0v) is 13.3. The van der Waals surface area contributed by atoms with Gasteiger partial charge in [0.05, 0.1) is 12.6 Å². The van der Waals surface area contributed by atoms with Crippen molar-refractivity contribution in [2.24, 2.45) is 10.7 Å². The molecule has 5 heteroatoms. The highest BCUT2D eigenvalue weighted by Gasteiger charge is 2.12. The minimum atomic E-state index is 0.